The molecule has 0 aliphatic rings. The first-order valence-corrected chi connectivity index (χ1v) is 4.12. The molecule has 76 valence electrons. The van der Waals surface area contributed by atoms with E-state index in [0.717, 1.165) is 0 Å². The normalized spacial score (nSPS) is 15.2. The third-order valence-electron chi connectivity index (χ3n) is 1.96. The van der Waals surface area contributed by atoms with Gasteiger partial charge in [-0.25, -0.2) is 0 Å². The zero-order valence-corrected chi connectivity index (χ0v) is 7.92. The summed E-state index contributed by atoms with van der Waals surface area (Å²) >= 11 is 0. The van der Waals surface area contributed by atoms with Gasteiger partial charge in [0.1, 0.15) is 0 Å². The quantitative estimate of drug-likeness (QED) is 0.743. The van der Waals surface area contributed by atoms with Gasteiger partial charge in [-0.3, -0.25) is 4.79 Å². The van der Waals surface area contributed by atoms with E-state index in [9.17, 15) is 13.6 Å². The molecule has 0 saturated carbocycles. The van der Waals surface area contributed by atoms with Crippen molar-refractivity contribution in [3.8, 4) is 0 Å². The maximum absolute atomic E-state index is 11.8. The van der Waals surface area contributed by atoms with E-state index in [2.05, 4.69) is 0 Å². The molecule has 0 spiro atoms. The van der Waals surface area contributed by atoms with Gasteiger partial charge in [-0.1, -0.05) is 20.8 Å². The Morgan fingerprint density at radius 3 is 2.00 bits per heavy atom. The average molecular weight is 192 g/mol. The first-order valence-electron chi connectivity index (χ1n) is 4.12. The smallest absolute Gasteiger partial charge is 0.307 e. The van der Waals surface area contributed by atoms with Crippen LogP contribution in [0.3, 0.4) is 0 Å². The molecule has 0 amide bonds. The Kier molecular flexibility index (Phi) is 4.59. The Bertz CT molecular complexity index is 208. The molecular weight excluding hydrogens is 178 g/mol. The Morgan fingerprint density at radius 2 is 1.77 bits per heavy atom. The molecule has 0 aromatic rings. The van der Waals surface area contributed by atoms with Crippen LogP contribution in [0.2, 0.25) is 0 Å². The van der Waals surface area contributed by atoms with Gasteiger partial charge in [0.05, 0.1) is 5.92 Å². The van der Waals surface area contributed by atoms with Gasteiger partial charge >= 0.3 is 5.97 Å². The van der Waals surface area contributed by atoms with Crippen LogP contribution in [0.15, 0.2) is 12.2 Å². The summed E-state index contributed by atoms with van der Waals surface area (Å²) in [6.07, 6.45) is -1.13. The number of carboxylic acids is 1. The molecule has 1 N–H and O–H groups in total. The molecule has 13 heavy (non-hydrogen) atoms. The zero-order valence-electron chi connectivity index (χ0n) is 7.92. The van der Waals surface area contributed by atoms with Crippen LogP contribution in [0.1, 0.15) is 20.8 Å². The van der Waals surface area contributed by atoms with Crippen LogP contribution < -0.4 is 0 Å². The molecular formula is C9H14F2O2. The number of allylic oxidation sites excluding steroid dienone is 1. The zero-order chi connectivity index (χ0) is 10.6. The third kappa shape index (κ3) is 4.01. The largest absolute Gasteiger partial charge is 0.481 e. The van der Waals surface area contributed by atoms with Gasteiger partial charge in [-0.15, -0.1) is 0 Å². The summed E-state index contributed by atoms with van der Waals surface area (Å²) in [6, 6.07) is 0. The third-order valence-corrected chi connectivity index (χ3v) is 1.96. The summed E-state index contributed by atoms with van der Waals surface area (Å²) in [6.45, 7) is 4.90. The van der Waals surface area contributed by atoms with E-state index < -0.39 is 23.9 Å². The molecule has 0 aliphatic heterocycles. The highest BCUT2D eigenvalue weighted by molar-refractivity contribution is 5.70. The highest BCUT2D eigenvalue weighted by atomic mass is 19.3. The van der Waals surface area contributed by atoms with E-state index in [1.165, 1.54) is 6.92 Å². The number of hydrogen-bond acceptors (Lipinski definition) is 1. The maximum Gasteiger partial charge on any atom is 0.307 e. The molecule has 0 aliphatic carbocycles. The fourth-order valence-electron chi connectivity index (χ4n) is 1.42. The van der Waals surface area contributed by atoms with Crippen LogP contribution in [-0.4, -0.2) is 11.1 Å². The van der Waals surface area contributed by atoms with Gasteiger partial charge in [0, 0.05) is 0 Å². The lowest BCUT2D eigenvalue weighted by atomic mass is 9.84. The van der Waals surface area contributed by atoms with Gasteiger partial charge in [0.25, 0.3) is 6.08 Å². The fourth-order valence-corrected chi connectivity index (χ4v) is 1.42. The first kappa shape index (κ1) is 12.1. The molecule has 2 unspecified atom stereocenters. The van der Waals surface area contributed by atoms with E-state index in [1.54, 1.807) is 13.8 Å². The highest BCUT2D eigenvalue weighted by Gasteiger charge is 2.26. The average Bonchev–Trinajstić information content (AvgIpc) is 1.81. The molecule has 0 radical (unpaired) electrons. The second-order valence-electron chi connectivity index (χ2n) is 3.42. The molecule has 0 rings (SSSR count). The number of hydrogen-bond donors (Lipinski definition) is 1. The molecule has 2 nitrogen and oxygen atoms in total. The number of carboxylic acid groups (broad SMARTS) is 1. The Balaban J connectivity index is 4.56. The second kappa shape index (κ2) is 4.94. The van der Waals surface area contributed by atoms with Gasteiger partial charge in [-0.05, 0) is 17.9 Å². The van der Waals surface area contributed by atoms with Gasteiger partial charge in [0.15, 0.2) is 0 Å². The molecule has 0 aromatic heterocycles. The summed E-state index contributed by atoms with van der Waals surface area (Å²) < 4.78 is 23.7. The van der Waals surface area contributed by atoms with Crippen LogP contribution >= 0.6 is 0 Å². The van der Waals surface area contributed by atoms with Crippen LogP contribution in [-0.2, 0) is 4.79 Å². The monoisotopic (exact) mass is 192 g/mol. The van der Waals surface area contributed by atoms with Crippen molar-refractivity contribution >= 4 is 5.97 Å². The summed E-state index contributed by atoms with van der Waals surface area (Å²) in [5, 5.41) is 8.75. The summed E-state index contributed by atoms with van der Waals surface area (Å²) in [7, 11) is 0. The number of carbonyl (C=O) groups is 1. The summed E-state index contributed by atoms with van der Waals surface area (Å²) in [5.74, 6) is -2.56. The van der Waals surface area contributed by atoms with Crippen molar-refractivity contribution < 1.29 is 18.7 Å². The lowest BCUT2D eigenvalue weighted by Crippen LogP contribution is -2.25. The van der Waals surface area contributed by atoms with Crippen LogP contribution in [0.25, 0.3) is 0 Å². The number of halogens is 2. The van der Waals surface area contributed by atoms with Crippen molar-refractivity contribution in [1.29, 1.82) is 0 Å². The Hall–Kier alpha value is -0.930. The summed E-state index contributed by atoms with van der Waals surface area (Å²) in [4.78, 5) is 10.7. The van der Waals surface area contributed by atoms with Crippen molar-refractivity contribution in [3.05, 3.63) is 12.2 Å². The SMILES string of the molecule is CC(C)C(C(=O)O)C(C)C=C(F)F. The lowest BCUT2D eigenvalue weighted by molar-refractivity contribution is -0.144. The standard InChI is InChI=1S/C9H14F2O2/c1-5(2)8(9(12)13)6(3)4-7(10)11/h4-6,8H,1-3H3,(H,12,13). The Labute approximate surface area is 76.3 Å². The van der Waals surface area contributed by atoms with Crippen molar-refractivity contribution in [3.63, 3.8) is 0 Å². The molecule has 0 heterocycles. The second-order valence-corrected chi connectivity index (χ2v) is 3.42. The van der Waals surface area contributed by atoms with E-state index in [1.807, 2.05) is 0 Å². The van der Waals surface area contributed by atoms with Crippen molar-refractivity contribution in [2.45, 2.75) is 20.8 Å². The van der Waals surface area contributed by atoms with Crippen molar-refractivity contribution in [2.75, 3.05) is 0 Å². The van der Waals surface area contributed by atoms with E-state index in [-0.39, 0.29) is 5.92 Å². The molecule has 2 atom stereocenters. The minimum Gasteiger partial charge on any atom is -0.481 e. The Morgan fingerprint density at radius 1 is 1.31 bits per heavy atom. The van der Waals surface area contributed by atoms with Crippen molar-refractivity contribution in [1.82, 2.24) is 0 Å². The van der Waals surface area contributed by atoms with Crippen molar-refractivity contribution in [2.24, 2.45) is 17.8 Å². The lowest BCUT2D eigenvalue weighted by Gasteiger charge is -2.20. The topological polar surface area (TPSA) is 37.3 Å². The van der Waals surface area contributed by atoms with Crippen LogP contribution in [0.4, 0.5) is 8.78 Å². The number of rotatable bonds is 4. The van der Waals surface area contributed by atoms with Gasteiger partial charge in [0.2, 0.25) is 0 Å². The van der Waals surface area contributed by atoms with Gasteiger partial charge in [-0.2, -0.15) is 8.78 Å². The minimum absolute atomic E-state index is 0.150. The maximum atomic E-state index is 11.8. The number of aliphatic carboxylic acids is 1. The van der Waals surface area contributed by atoms with E-state index in [4.69, 9.17) is 5.11 Å². The molecule has 0 fully saturated rings. The highest BCUT2D eigenvalue weighted by Crippen LogP contribution is 2.23. The first-order chi connectivity index (χ1) is 5.86. The minimum atomic E-state index is -1.82. The van der Waals surface area contributed by atoms with E-state index >= 15 is 0 Å². The van der Waals surface area contributed by atoms with E-state index in [0.29, 0.717) is 6.08 Å². The molecule has 0 saturated heterocycles. The fraction of sp³-hybridized carbons (Fsp3) is 0.667. The molecule has 0 bridgehead atoms. The van der Waals surface area contributed by atoms with Gasteiger partial charge < -0.3 is 5.11 Å². The predicted molar refractivity (Wildman–Crippen MR) is 45.4 cm³/mol. The predicted octanol–water partition coefficient (Wildman–Crippen LogP) is 2.76. The molecule has 0 aromatic carbocycles. The molecule has 4 heteroatoms. The van der Waals surface area contributed by atoms with Crippen LogP contribution in [0.5, 0.6) is 0 Å². The summed E-state index contributed by atoms with van der Waals surface area (Å²) in [5.41, 5.74) is 0. The van der Waals surface area contributed by atoms with Crippen LogP contribution in [0, 0.1) is 17.8 Å².